The SMILES string of the molecule is Cc1nccc(-n2cc(CN3CCN[C@H](c4ccc5c(c4C)COC5=O)C3)n(C)c2=O)n1. The van der Waals surface area contributed by atoms with Crippen molar-refractivity contribution >= 4 is 5.97 Å². The highest BCUT2D eigenvalue weighted by Gasteiger charge is 2.28. The number of imidazole rings is 1. The first-order chi connectivity index (χ1) is 15.4. The third-order valence-electron chi connectivity index (χ3n) is 6.44. The maximum Gasteiger partial charge on any atom is 0.338 e. The number of hydrogen-bond acceptors (Lipinski definition) is 7. The van der Waals surface area contributed by atoms with Crippen LogP contribution in [0.5, 0.6) is 0 Å². The molecule has 1 aromatic carbocycles. The molecular formula is C23H26N6O3. The fraction of sp³-hybridized carbons (Fsp3) is 0.391. The van der Waals surface area contributed by atoms with Crippen LogP contribution < -0.4 is 11.0 Å². The number of esters is 1. The summed E-state index contributed by atoms with van der Waals surface area (Å²) in [6, 6.07) is 5.80. The molecule has 0 spiro atoms. The number of rotatable bonds is 4. The molecule has 2 aliphatic rings. The van der Waals surface area contributed by atoms with Crippen molar-refractivity contribution in [3.05, 3.63) is 74.8 Å². The van der Waals surface area contributed by atoms with Gasteiger partial charge in [-0.2, -0.15) is 0 Å². The smallest absolute Gasteiger partial charge is 0.338 e. The Hall–Kier alpha value is -3.30. The van der Waals surface area contributed by atoms with Gasteiger partial charge in [-0.3, -0.25) is 14.0 Å². The van der Waals surface area contributed by atoms with Crippen LogP contribution in [0.3, 0.4) is 0 Å². The predicted molar refractivity (Wildman–Crippen MR) is 118 cm³/mol. The van der Waals surface area contributed by atoms with E-state index < -0.39 is 0 Å². The Bertz CT molecular complexity index is 1260. The zero-order valence-corrected chi connectivity index (χ0v) is 18.5. The quantitative estimate of drug-likeness (QED) is 0.621. The van der Waals surface area contributed by atoms with Crippen molar-refractivity contribution < 1.29 is 9.53 Å². The molecule has 0 bridgehead atoms. The summed E-state index contributed by atoms with van der Waals surface area (Å²) in [5, 5.41) is 3.60. The van der Waals surface area contributed by atoms with E-state index in [2.05, 4.69) is 27.1 Å². The third kappa shape index (κ3) is 3.53. The summed E-state index contributed by atoms with van der Waals surface area (Å²) in [6.07, 6.45) is 3.53. The lowest BCUT2D eigenvalue weighted by molar-refractivity contribution is 0.0535. The molecule has 2 aliphatic heterocycles. The van der Waals surface area contributed by atoms with Gasteiger partial charge in [-0.15, -0.1) is 0 Å². The van der Waals surface area contributed by atoms with Gasteiger partial charge in [0.1, 0.15) is 18.2 Å². The van der Waals surface area contributed by atoms with E-state index in [1.807, 2.05) is 25.3 Å². The Balaban J connectivity index is 1.37. The van der Waals surface area contributed by atoms with E-state index in [1.165, 1.54) is 5.56 Å². The standard InChI is InChI=1S/C23H26N6O3/c1-14-17(4-5-18-19(14)13-32-22(18)30)20-12-28(9-8-25-20)10-16-11-29(23(31)27(16)3)21-6-7-24-15(2)26-21/h4-7,11,20,25H,8-10,12-13H2,1-3H3/t20-/m0/s1. The number of hydrogen-bond donors (Lipinski definition) is 1. The zero-order chi connectivity index (χ0) is 22.4. The number of fused-ring (bicyclic) bond motifs is 1. The van der Waals surface area contributed by atoms with Gasteiger partial charge >= 0.3 is 11.7 Å². The molecule has 0 saturated carbocycles. The number of piperazine rings is 1. The molecule has 1 saturated heterocycles. The maximum atomic E-state index is 12.8. The highest BCUT2D eigenvalue weighted by molar-refractivity contribution is 5.94. The number of ether oxygens (including phenoxy) is 1. The van der Waals surface area contributed by atoms with E-state index in [-0.39, 0.29) is 17.7 Å². The van der Waals surface area contributed by atoms with Crippen LogP contribution in [-0.2, 0) is 24.9 Å². The van der Waals surface area contributed by atoms with Gasteiger partial charge in [0.15, 0.2) is 0 Å². The van der Waals surface area contributed by atoms with E-state index in [1.54, 1.807) is 28.4 Å². The fourth-order valence-corrected chi connectivity index (χ4v) is 4.60. The average molecular weight is 435 g/mol. The van der Waals surface area contributed by atoms with E-state index in [0.29, 0.717) is 30.4 Å². The predicted octanol–water partition coefficient (Wildman–Crippen LogP) is 1.40. The van der Waals surface area contributed by atoms with Crippen molar-refractivity contribution in [2.75, 3.05) is 19.6 Å². The summed E-state index contributed by atoms with van der Waals surface area (Å²) in [6.45, 7) is 7.41. The summed E-state index contributed by atoms with van der Waals surface area (Å²) < 4.78 is 8.46. The molecule has 1 atom stereocenters. The monoisotopic (exact) mass is 434 g/mol. The molecule has 3 aromatic rings. The van der Waals surface area contributed by atoms with Gasteiger partial charge in [0.05, 0.1) is 11.3 Å². The summed E-state index contributed by atoms with van der Waals surface area (Å²) in [7, 11) is 1.80. The molecule has 0 amide bonds. The molecule has 166 valence electrons. The lowest BCUT2D eigenvalue weighted by atomic mass is 9.93. The van der Waals surface area contributed by atoms with Crippen molar-refractivity contribution in [3.63, 3.8) is 0 Å². The van der Waals surface area contributed by atoms with Crippen LogP contribution in [0.15, 0.2) is 35.4 Å². The number of cyclic esters (lactones) is 1. The molecule has 0 aliphatic carbocycles. The molecule has 1 N–H and O–H groups in total. The van der Waals surface area contributed by atoms with E-state index in [9.17, 15) is 9.59 Å². The second-order valence-electron chi connectivity index (χ2n) is 8.42. The van der Waals surface area contributed by atoms with Crippen LogP contribution in [0, 0.1) is 13.8 Å². The highest BCUT2D eigenvalue weighted by atomic mass is 16.5. The number of aromatic nitrogens is 4. The van der Waals surface area contributed by atoms with Gasteiger partial charge in [0, 0.05) is 57.2 Å². The van der Waals surface area contributed by atoms with Gasteiger partial charge in [-0.05, 0) is 37.1 Å². The van der Waals surface area contributed by atoms with Gasteiger partial charge in [0.2, 0.25) is 0 Å². The Morgan fingerprint density at radius 2 is 2.06 bits per heavy atom. The lowest BCUT2D eigenvalue weighted by Gasteiger charge is -2.34. The number of aryl methyl sites for hydroxylation is 1. The summed E-state index contributed by atoms with van der Waals surface area (Å²) in [4.78, 5) is 35.5. The molecule has 9 nitrogen and oxygen atoms in total. The van der Waals surface area contributed by atoms with Crippen molar-refractivity contribution in [1.82, 2.24) is 29.3 Å². The van der Waals surface area contributed by atoms with Crippen molar-refractivity contribution in [2.24, 2.45) is 7.05 Å². The van der Waals surface area contributed by atoms with Crippen molar-refractivity contribution in [2.45, 2.75) is 33.0 Å². The first kappa shape index (κ1) is 20.6. The van der Waals surface area contributed by atoms with Crippen LogP contribution in [0.1, 0.15) is 44.6 Å². The molecule has 1 fully saturated rings. The van der Waals surface area contributed by atoms with Crippen LogP contribution in [0.2, 0.25) is 0 Å². The average Bonchev–Trinajstić information content (AvgIpc) is 3.30. The minimum Gasteiger partial charge on any atom is -0.457 e. The topological polar surface area (TPSA) is 94.3 Å². The second-order valence-corrected chi connectivity index (χ2v) is 8.42. The maximum absolute atomic E-state index is 12.8. The Kier molecular flexibility index (Phi) is 5.15. The summed E-state index contributed by atoms with van der Waals surface area (Å²) in [5.41, 5.74) is 4.78. The Labute approximate surface area is 185 Å². The van der Waals surface area contributed by atoms with Crippen LogP contribution in [0.25, 0.3) is 5.82 Å². The summed E-state index contributed by atoms with van der Waals surface area (Å²) in [5.74, 6) is 0.965. The van der Waals surface area contributed by atoms with Gasteiger partial charge in [0.25, 0.3) is 0 Å². The minimum atomic E-state index is -0.239. The minimum absolute atomic E-state index is 0.121. The third-order valence-corrected chi connectivity index (χ3v) is 6.44. The number of benzene rings is 1. The number of carbonyl (C=O) groups excluding carboxylic acids is 1. The molecule has 9 heteroatoms. The Morgan fingerprint density at radius 1 is 1.22 bits per heavy atom. The molecule has 32 heavy (non-hydrogen) atoms. The first-order valence-corrected chi connectivity index (χ1v) is 10.7. The summed E-state index contributed by atoms with van der Waals surface area (Å²) >= 11 is 0. The second kappa shape index (κ2) is 7.99. The normalized spacial score (nSPS) is 18.6. The van der Waals surface area contributed by atoms with Gasteiger partial charge < -0.3 is 10.1 Å². The van der Waals surface area contributed by atoms with Gasteiger partial charge in [-0.1, -0.05) is 6.07 Å². The molecular weight excluding hydrogens is 408 g/mol. The van der Waals surface area contributed by atoms with E-state index in [4.69, 9.17) is 4.74 Å². The number of nitrogens with zero attached hydrogens (tertiary/aromatic N) is 5. The Morgan fingerprint density at radius 3 is 2.88 bits per heavy atom. The van der Waals surface area contributed by atoms with Crippen LogP contribution in [0.4, 0.5) is 0 Å². The largest absolute Gasteiger partial charge is 0.457 e. The number of carbonyl (C=O) groups is 1. The van der Waals surface area contributed by atoms with Crippen LogP contribution in [-0.4, -0.2) is 49.6 Å². The fourth-order valence-electron chi connectivity index (χ4n) is 4.60. The van der Waals surface area contributed by atoms with Crippen molar-refractivity contribution in [3.8, 4) is 5.82 Å². The first-order valence-electron chi connectivity index (χ1n) is 10.7. The van der Waals surface area contributed by atoms with Crippen LogP contribution >= 0.6 is 0 Å². The van der Waals surface area contributed by atoms with E-state index in [0.717, 1.165) is 36.5 Å². The van der Waals surface area contributed by atoms with Gasteiger partial charge in [-0.25, -0.2) is 19.6 Å². The zero-order valence-electron chi connectivity index (χ0n) is 18.5. The van der Waals surface area contributed by atoms with Crippen molar-refractivity contribution in [1.29, 1.82) is 0 Å². The number of nitrogens with one attached hydrogen (secondary N) is 1. The lowest BCUT2D eigenvalue weighted by Crippen LogP contribution is -2.45. The molecule has 2 aromatic heterocycles. The highest BCUT2D eigenvalue weighted by Crippen LogP contribution is 2.30. The molecule has 0 radical (unpaired) electrons. The molecule has 0 unspecified atom stereocenters. The molecule has 4 heterocycles. The molecule has 5 rings (SSSR count). The van der Waals surface area contributed by atoms with E-state index >= 15 is 0 Å².